The molecule has 25 heavy (non-hydrogen) atoms. The molecule has 2 aromatic heterocycles. The van der Waals surface area contributed by atoms with E-state index < -0.39 is 0 Å². The summed E-state index contributed by atoms with van der Waals surface area (Å²) >= 11 is 5.92. The summed E-state index contributed by atoms with van der Waals surface area (Å²) < 4.78 is 1.73. The highest BCUT2D eigenvalue weighted by Gasteiger charge is 2.18. The Hall–Kier alpha value is -2.43. The quantitative estimate of drug-likeness (QED) is 0.777. The normalized spacial score (nSPS) is 14.5. The molecule has 1 N–H and O–H groups in total. The number of hydrogen-bond acceptors (Lipinski definition) is 3. The van der Waals surface area contributed by atoms with E-state index in [9.17, 15) is 4.79 Å². The molecule has 1 aliphatic heterocycles. The zero-order valence-electron chi connectivity index (χ0n) is 13.7. The number of pyridine rings is 1. The van der Waals surface area contributed by atoms with Gasteiger partial charge < -0.3 is 5.32 Å². The van der Waals surface area contributed by atoms with Crippen LogP contribution in [0.25, 0.3) is 16.6 Å². The van der Waals surface area contributed by atoms with Crippen molar-refractivity contribution in [2.45, 2.75) is 12.8 Å². The van der Waals surface area contributed by atoms with Crippen LogP contribution in [0, 0.1) is 0 Å². The lowest BCUT2D eigenvalue weighted by molar-refractivity contribution is 0.0919. The summed E-state index contributed by atoms with van der Waals surface area (Å²) in [6.45, 7) is 1.80. The molecular formula is C20H18ClN3O. The van der Waals surface area contributed by atoms with Gasteiger partial charge in [-0.1, -0.05) is 29.8 Å². The zero-order valence-corrected chi connectivity index (χ0v) is 14.5. The maximum absolute atomic E-state index is 12.9. The van der Waals surface area contributed by atoms with Crippen LogP contribution in [0.15, 0.2) is 54.9 Å². The summed E-state index contributed by atoms with van der Waals surface area (Å²) in [7, 11) is 0. The summed E-state index contributed by atoms with van der Waals surface area (Å²) in [5.41, 5.74) is 5.00. The fourth-order valence-corrected chi connectivity index (χ4v) is 3.36. The third-order valence-corrected chi connectivity index (χ3v) is 4.76. The molecule has 126 valence electrons. The Kier molecular flexibility index (Phi) is 4.38. The number of carbonyl (C=O) groups excluding carboxylic acids is 1. The van der Waals surface area contributed by atoms with Crippen molar-refractivity contribution in [3.05, 3.63) is 71.0 Å². The number of halogens is 1. The van der Waals surface area contributed by atoms with E-state index in [-0.39, 0.29) is 5.91 Å². The Balaban J connectivity index is 1.72. The van der Waals surface area contributed by atoms with E-state index in [2.05, 4.69) is 16.4 Å². The Labute approximate surface area is 151 Å². The fourth-order valence-electron chi connectivity index (χ4n) is 3.23. The largest absolute Gasteiger partial charge is 0.313 e. The SMILES string of the molecule is O=C(Cc1ccc(Cl)cc1)n1cc(C2=CCNCC2)c2ncccc21. The van der Waals surface area contributed by atoms with Gasteiger partial charge >= 0.3 is 0 Å². The van der Waals surface area contributed by atoms with Gasteiger partial charge in [-0.2, -0.15) is 0 Å². The van der Waals surface area contributed by atoms with E-state index in [1.165, 1.54) is 5.57 Å². The van der Waals surface area contributed by atoms with Crippen molar-refractivity contribution in [1.29, 1.82) is 0 Å². The first-order chi connectivity index (χ1) is 12.2. The number of aromatic nitrogens is 2. The second kappa shape index (κ2) is 6.82. The van der Waals surface area contributed by atoms with Crippen molar-refractivity contribution in [2.24, 2.45) is 0 Å². The second-order valence-corrected chi connectivity index (χ2v) is 6.60. The average molecular weight is 352 g/mol. The van der Waals surface area contributed by atoms with E-state index in [1.54, 1.807) is 10.8 Å². The number of rotatable bonds is 3. The molecule has 0 bridgehead atoms. The maximum Gasteiger partial charge on any atom is 0.235 e. The van der Waals surface area contributed by atoms with Crippen LogP contribution in [0.4, 0.5) is 0 Å². The third-order valence-electron chi connectivity index (χ3n) is 4.51. The number of carbonyl (C=O) groups is 1. The highest BCUT2D eigenvalue weighted by Crippen LogP contribution is 2.28. The van der Waals surface area contributed by atoms with Crippen molar-refractivity contribution in [2.75, 3.05) is 13.1 Å². The van der Waals surface area contributed by atoms with Gasteiger partial charge in [0, 0.05) is 29.5 Å². The van der Waals surface area contributed by atoms with Crippen molar-refractivity contribution in [3.8, 4) is 0 Å². The number of hydrogen-bond donors (Lipinski definition) is 1. The monoisotopic (exact) mass is 351 g/mol. The molecule has 0 amide bonds. The molecular weight excluding hydrogens is 334 g/mol. The molecule has 4 rings (SSSR count). The van der Waals surface area contributed by atoms with Gasteiger partial charge in [0.05, 0.1) is 17.5 Å². The number of nitrogens with one attached hydrogen (secondary N) is 1. The summed E-state index contributed by atoms with van der Waals surface area (Å²) in [6, 6.07) is 11.2. The van der Waals surface area contributed by atoms with Crippen LogP contribution in [0.3, 0.4) is 0 Å². The summed E-state index contributed by atoms with van der Waals surface area (Å²) in [5, 5.41) is 3.99. The van der Waals surface area contributed by atoms with E-state index in [0.29, 0.717) is 11.4 Å². The molecule has 0 spiro atoms. The van der Waals surface area contributed by atoms with Gasteiger partial charge in [0.15, 0.2) is 0 Å². The Bertz CT molecular complexity index is 957. The Morgan fingerprint density at radius 1 is 1.24 bits per heavy atom. The molecule has 5 heteroatoms. The minimum Gasteiger partial charge on any atom is -0.313 e. The molecule has 1 aromatic carbocycles. The molecule has 0 radical (unpaired) electrons. The minimum atomic E-state index is 0.0288. The standard InChI is InChI=1S/C20H18ClN3O/c21-16-5-3-14(4-6-16)12-19(25)24-13-17(15-7-10-22-11-8-15)20-18(24)2-1-9-23-20/h1-7,9,13,22H,8,10-12H2. The van der Waals surface area contributed by atoms with Gasteiger partial charge in [-0.25, -0.2) is 0 Å². The third kappa shape index (κ3) is 3.23. The first-order valence-electron chi connectivity index (χ1n) is 8.36. The minimum absolute atomic E-state index is 0.0288. The number of fused-ring (bicyclic) bond motifs is 1. The summed E-state index contributed by atoms with van der Waals surface area (Å²) in [5.74, 6) is 0.0288. The van der Waals surface area contributed by atoms with Gasteiger partial charge in [-0.05, 0) is 48.4 Å². The summed E-state index contributed by atoms with van der Waals surface area (Å²) in [6.07, 6.45) is 7.17. The molecule has 0 aliphatic carbocycles. The average Bonchev–Trinajstić information content (AvgIpc) is 3.04. The van der Waals surface area contributed by atoms with Crippen LogP contribution in [0.1, 0.15) is 22.3 Å². The lowest BCUT2D eigenvalue weighted by Gasteiger charge is -2.12. The van der Waals surface area contributed by atoms with Crippen molar-refractivity contribution in [1.82, 2.24) is 14.9 Å². The first-order valence-corrected chi connectivity index (χ1v) is 8.74. The second-order valence-electron chi connectivity index (χ2n) is 6.16. The predicted octanol–water partition coefficient (Wildman–Crippen LogP) is 3.95. The molecule has 0 unspecified atom stereocenters. The van der Waals surface area contributed by atoms with Gasteiger partial charge in [0.25, 0.3) is 0 Å². The highest BCUT2D eigenvalue weighted by atomic mass is 35.5. The molecule has 0 atom stereocenters. The van der Waals surface area contributed by atoms with E-state index in [0.717, 1.165) is 41.7 Å². The molecule has 0 saturated carbocycles. The van der Waals surface area contributed by atoms with Crippen molar-refractivity contribution < 1.29 is 4.79 Å². The van der Waals surface area contributed by atoms with Gasteiger partial charge in [-0.3, -0.25) is 14.3 Å². The van der Waals surface area contributed by atoms with Crippen LogP contribution in [0.5, 0.6) is 0 Å². The lowest BCUT2D eigenvalue weighted by atomic mass is 10.0. The van der Waals surface area contributed by atoms with E-state index in [1.807, 2.05) is 42.6 Å². The number of benzene rings is 1. The highest BCUT2D eigenvalue weighted by molar-refractivity contribution is 6.30. The van der Waals surface area contributed by atoms with E-state index >= 15 is 0 Å². The summed E-state index contributed by atoms with van der Waals surface area (Å²) in [4.78, 5) is 17.4. The van der Waals surface area contributed by atoms with E-state index in [4.69, 9.17) is 11.6 Å². The zero-order chi connectivity index (χ0) is 17.2. The number of nitrogens with zero attached hydrogens (tertiary/aromatic N) is 2. The molecule has 4 nitrogen and oxygen atoms in total. The molecule has 0 fully saturated rings. The van der Waals surface area contributed by atoms with Gasteiger partial charge in [-0.15, -0.1) is 0 Å². The van der Waals surface area contributed by atoms with Crippen molar-refractivity contribution >= 4 is 34.1 Å². The van der Waals surface area contributed by atoms with Crippen LogP contribution < -0.4 is 5.32 Å². The van der Waals surface area contributed by atoms with Crippen molar-refractivity contribution in [3.63, 3.8) is 0 Å². The molecule has 3 heterocycles. The van der Waals surface area contributed by atoms with Gasteiger partial charge in [0.2, 0.25) is 5.91 Å². The fraction of sp³-hybridized carbons (Fsp3) is 0.200. The molecule has 1 aliphatic rings. The Morgan fingerprint density at radius 3 is 2.84 bits per heavy atom. The maximum atomic E-state index is 12.9. The Morgan fingerprint density at radius 2 is 2.08 bits per heavy atom. The predicted molar refractivity (Wildman–Crippen MR) is 101 cm³/mol. The van der Waals surface area contributed by atoms with Crippen LogP contribution in [-0.2, 0) is 6.42 Å². The van der Waals surface area contributed by atoms with Crippen LogP contribution in [0.2, 0.25) is 5.02 Å². The van der Waals surface area contributed by atoms with Crippen LogP contribution in [-0.4, -0.2) is 28.5 Å². The van der Waals surface area contributed by atoms with Gasteiger partial charge in [0.1, 0.15) is 0 Å². The van der Waals surface area contributed by atoms with Crippen LogP contribution >= 0.6 is 11.6 Å². The smallest absolute Gasteiger partial charge is 0.235 e. The first kappa shape index (κ1) is 16.1. The molecule has 0 saturated heterocycles. The lowest BCUT2D eigenvalue weighted by Crippen LogP contribution is -2.20. The topological polar surface area (TPSA) is 46.9 Å². The molecule has 3 aromatic rings.